The number of nitrogens with one attached hydrogen (secondary N) is 1. The molecule has 2 aromatic carbocycles. The third-order valence-corrected chi connectivity index (χ3v) is 10.7. The predicted molar refractivity (Wildman–Crippen MR) is 186 cm³/mol. The lowest BCUT2D eigenvalue weighted by molar-refractivity contribution is -0.158. The Balaban J connectivity index is 1.17. The number of likely N-dealkylation sites (tertiary alicyclic amines) is 1. The number of rotatable bonds is 11. The van der Waals surface area contributed by atoms with Gasteiger partial charge >= 0.3 is 5.97 Å². The molecule has 2 saturated heterocycles. The van der Waals surface area contributed by atoms with Crippen LogP contribution in [0.5, 0.6) is 0 Å². The maximum absolute atomic E-state index is 13.8. The first-order valence-corrected chi connectivity index (χ1v) is 20.6. The Morgan fingerprint density at radius 3 is 2.27 bits per heavy atom. The summed E-state index contributed by atoms with van der Waals surface area (Å²) < 4.78 is 11.2. The Hall–Kier alpha value is -4.03. The molecule has 1 N–H and O–H groups in total. The van der Waals surface area contributed by atoms with Crippen LogP contribution >= 0.6 is 0 Å². The fourth-order valence-corrected chi connectivity index (χ4v) is 7.02. The molecule has 3 aliphatic heterocycles. The van der Waals surface area contributed by atoms with Gasteiger partial charge < -0.3 is 19.7 Å². The number of esters is 1. The molecule has 0 radical (unpaired) electrons. The summed E-state index contributed by atoms with van der Waals surface area (Å²) in [7, 11) is -1.35. The number of piperidine rings is 2. The zero-order valence-corrected chi connectivity index (χ0v) is 30.0. The molecule has 0 spiro atoms. The normalized spacial score (nSPS) is 19.2. The van der Waals surface area contributed by atoms with E-state index < -0.39 is 37.4 Å². The number of hydrogen-bond donors (Lipinski definition) is 1. The highest BCUT2D eigenvalue weighted by Crippen LogP contribution is 2.34. The van der Waals surface area contributed by atoms with Crippen LogP contribution in [0.1, 0.15) is 77.5 Å². The van der Waals surface area contributed by atoms with Gasteiger partial charge in [0, 0.05) is 52.1 Å². The van der Waals surface area contributed by atoms with E-state index in [0.29, 0.717) is 30.3 Å². The fourth-order valence-electron chi connectivity index (χ4n) is 6.26. The summed E-state index contributed by atoms with van der Waals surface area (Å²) in [6.45, 7) is 14.8. The largest absolute Gasteiger partial charge is 0.456 e. The van der Waals surface area contributed by atoms with Crippen molar-refractivity contribution < 1.29 is 33.4 Å². The van der Waals surface area contributed by atoms with E-state index in [4.69, 9.17) is 9.47 Å². The first-order chi connectivity index (χ1) is 22.6. The van der Waals surface area contributed by atoms with Gasteiger partial charge in [-0.2, -0.15) is 0 Å². The average molecular weight is 677 g/mol. The van der Waals surface area contributed by atoms with E-state index in [1.165, 1.54) is 0 Å². The molecule has 48 heavy (non-hydrogen) atoms. The van der Waals surface area contributed by atoms with Crippen LogP contribution in [0.15, 0.2) is 42.5 Å². The standard InChI is InChI=1S/C36H48N4O7Si/c1-36(2,3)47-35(45)25-10-12-26(13-11-25)38-18-16-24(17-19-38)22-37-28-9-7-8-27-31(28)34(44)40(32(27)42)29-14-15-30(41)39(33(29)43)23-46-20-21-48(4,5)6/h7-13,24,29,37H,14-23H2,1-6H3. The summed E-state index contributed by atoms with van der Waals surface area (Å²) in [5, 5.41) is 3.42. The van der Waals surface area contributed by atoms with Gasteiger partial charge in [0.2, 0.25) is 5.91 Å². The Labute approximate surface area is 283 Å². The van der Waals surface area contributed by atoms with E-state index in [-0.39, 0.29) is 42.6 Å². The molecular weight excluding hydrogens is 629 g/mol. The van der Waals surface area contributed by atoms with Gasteiger partial charge in [-0.1, -0.05) is 25.7 Å². The zero-order valence-electron chi connectivity index (χ0n) is 29.0. The van der Waals surface area contributed by atoms with Crippen molar-refractivity contribution in [2.75, 3.05) is 43.2 Å². The molecule has 1 atom stereocenters. The van der Waals surface area contributed by atoms with Crippen LogP contribution in [0.25, 0.3) is 0 Å². The van der Waals surface area contributed by atoms with Crippen LogP contribution < -0.4 is 10.2 Å². The third kappa shape index (κ3) is 8.15. The second-order valence-electron chi connectivity index (χ2n) is 15.1. The molecule has 4 amide bonds. The molecule has 0 aliphatic carbocycles. The van der Waals surface area contributed by atoms with Gasteiger partial charge in [-0.05, 0) is 88.4 Å². The molecule has 11 nitrogen and oxygen atoms in total. The maximum Gasteiger partial charge on any atom is 0.338 e. The number of hydrogen-bond acceptors (Lipinski definition) is 9. The van der Waals surface area contributed by atoms with E-state index >= 15 is 0 Å². The van der Waals surface area contributed by atoms with Gasteiger partial charge in [0.05, 0.1) is 16.7 Å². The minimum absolute atomic E-state index is 0.0544. The topological polar surface area (TPSA) is 126 Å². The molecule has 0 bridgehead atoms. The monoisotopic (exact) mass is 676 g/mol. The number of fused-ring (bicyclic) bond motifs is 1. The molecule has 3 heterocycles. The molecule has 0 saturated carbocycles. The van der Waals surface area contributed by atoms with Crippen molar-refractivity contribution >= 4 is 49.0 Å². The van der Waals surface area contributed by atoms with Gasteiger partial charge in [0.15, 0.2) is 0 Å². The number of ether oxygens (including phenoxy) is 2. The number of carbonyl (C=O) groups excluding carboxylic acids is 5. The minimum atomic E-state index is -1.35. The molecule has 3 aliphatic rings. The Bertz CT molecular complexity index is 1560. The van der Waals surface area contributed by atoms with Crippen molar-refractivity contribution in [3.8, 4) is 0 Å². The Morgan fingerprint density at radius 2 is 1.62 bits per heavy atom. The third-order valence-electron chi connectivity index (χ3n) is 9.02. The van der Waals surface area contributed by atoms with Crippen molar-refractivity contribution in [1.82, 2.24) is 9.80 Å². The average Bonchev–Trinajstić information content (AvgIpc) is 3.28. The highest BCUT2D eigenvalue weighted by Gasteiger charge is 2.48. The van der Waals surface area contributed by atoms with Gasteiger partial charge in [-0.15, -0.1) is 0 Å². The summed E-state index contributed by atoms with van der Waals surface area (Å²) in [4.78, 5) is 70.1. The Morgan fingerprint density at radius 1 is 0.938 bits per heavy atom. The quantitative estimate of drug-likeness (QED) is 0.144. The first kappa shape index (κ1) is 35.3. The molecule has 2 aromatic rings. The van der Waals surface area contributed by atoms with E-state index in [0.717, 1.165) is 47.5 Å². The summed E-state index contributed by atoms with van der Waals surface area (Å²) in [6, 6.07) is 12.5. The number of carbonyl (C=O) groups is 5. The van der Waals surface area contributed by atoms with Crippen LogP contribution in [0.3, 0.4) is 0 Å². The van der Waals surface area contributed by atoms with Crippen molar-refractivity contribution in [1.29, 1.82) is 0 Å². The van der Waals surface area contributed by atoms with Crippen LogP contribution in [-0.4, -0.2) is 92.1 Å². The lowest BCUT2D eigenvalue weighted by Crippen LogP contribution is -2.56. The molecule has 1 unspecified atom stereocenters. The number of imide groups is 2. The van der Waals surface area contributed by atoms with Gasteiger partial charge in [-0.25, -0.2) is 4.79 Å². The maximum atomic E-state index is 13.8. The molecule has 0 aromatic heterocycles. The fraction of sp³-hybridized carbons (Fsp3) is 0.528. The van der Waals surface area contributed by atoms with Crippen LogP contribution in [0.2, 0.25) is 25.7 Å². The van der Waals surface area contributed by atoms with Crippen LogP contribution in [0.4, 0.5) is 11.4 Å². The van der Waals surface area contributed by atoms with Crippen molar-refractivity contribution in [3.05, 3.63) is 59.2 Å². The summed E-state index contributed by atoms with van der Waals surface area (Å²) in [5.74, 6) is -1.95. The van der Waals surface area contributed by atoms with E-state index in [2.05, 4.69) is 29.9 Å². The van der Waals surface area contributed by atoms with Gasteiger partial charge in [-0.3, -0.25) is 29.0 Å². The molecule has 12 heteroatoms. The summed E-state index contributed by atoms with van der Waals surface area (Å²) in [5.41, 5.74) is 2.13. The van der Waals surface area contributed by atoms with Crippen molar-refractivity contribution in [2.45, 2.75) is 83.8 Å². The summed E-state index contributed by atoms with van der Waals surface area (Å²) >= 11 is 0. The molecular formula is C36H48N4O7Si. The number of amides is 4. The predicted octanol–water partition coefficient (Wildman–Crippen LogP) is 5.40. The number of nitrogens with zero attached hydrogens (tertiary/aromatic N) is 3. The lowest BCUT2D eigenvalue weighted by Gasteiger charge is -2.34. The van der Waals surface area contributed by atoms with Gasteiger partial charge in [0.1, 0.15) is 18.4 Å². The number of benzene rings is 2. The molecule has 5 rings (SSSR count). The second-order valence-corrected chi connectivity index (χ2v) is 20.8. The van der Waals surface area contributed by atoms with Gasteiger partial charge in [0.25, 0.3) is 17.7 Å². The highest BCUT2D eigenvalue weighted by molar-refractivity contribution is 6.76. The minimum Gasteiger partial charge on any atom is -0.456 e. The van der Waals surface area contributed by atoms with E-state index in [1.54, 1.807) is 30.3 Å². The molecule has 258 valence electrons. The lowest BCUT2D eigenvalue weighted by atomic mass is 9.96. The SMILES string of the molecule is CC(C)(C)OC(=O)c1ccc(N2CCC(CNc3cccc4c3C(=O)N(C3CCC(=O)N(COCC[Si](C)(C)C)C3=O)C4=O)CC2)cc1. The van der Waals surface area contributed by atoms with Crippen molar-refractivity contribution in [2.24, 2.45) is 5.92 Å². The second kappa shape index (κ2) is 14.2. The van der Waals surface area contributed by atoms with Crippen molar-refractivity contribution in [3.63, 3.8) is 0 Å². The smallest absolute Gasteiger partial charge is 0.338 e. The summed E-state index contributed by atoms with van der Waals surface area (Å²) in [6.07, 6.45) is 2.00. The Kier molecular flexibility index (Phi) is 10.4. The first-order valence-electron chi connectivity index (χ1n) is 16.9. The van der Waals surface area contributed by atoms with E-state index in [9.17, 15) is 24.0 Å². The zero-order chi connectivity index (χ0) is 34.8. The van der Waals surface area contributed by atoms with Crippen LogP contribution in [-0.2, 0) is 19.1 Å². The highest BCUT2D eigenvalue weighted by atomic mass is 28.3. The molecule has 2 fully saturated rings. The van der Waals surface area contributed by atoms with E-state index in [1.807, 2.05) is 32.9 Å². The number of anilines is 2. The van der Waals surface area contributed by atoms with Crippen LogP contribution in [0, 0.1) is 5.92 Å².